The van der Waals surface area contributed by atoms with E-state index >= 15 is 0 Å². The van der Waals surface area contributed by atoms with E-state index in [0.717, 1.165) is 44.4 Å². The summed E-state index contributed by atoms with van der Waals surface area (Å²) < 4.78 is 10.3. The molecular formula is C43H76O6. The molecule has 0 aromatic heterocycles. The van der Waals surface area contributed by atoms with Crippen molar-refractivity contribution in [1.82, 2.24) is 0 Å². The van der Waals surface area contributed by atoms with Crippen molar-refractivity contribution in [3.05, 3.63) is 48.6 Å². The van der Waals surface area contributed by atoms with Crippen molar-refractivity contribution >= 4 is 11.9 Å². The van der Waals surface area contributed by atoms with Crippen molar-refractivity contribution in [2.45, 2.75) is 193 Å². The summed E-state index contributed by atoms with van der Waals surface area (Å²) in [5, 5.41) is 20.0. The maximum Gasteiger partial charge on any atom is 0.305 e. The number of hydrogen-bond donors (Lipinski definition) is 2. The second-order valence-corrected chi connectivity index (χ2v) is 14.1. The lowest BCUT2D eigenvalue weighted by Crippen LogP contribution is -2.25. The fourth-order valence-corrected chi connectivity index (χ4v) is 5.46. The third-order valence-corrected chi connectivity index (χ3v) is 8.58. The van der Waals surface area contributed by atoms with Gasteiger partial charge in [-0.25, -0.2) is 0 Å². The van der Waals surface area contributed by atoms with Gasteiger partial charge in [-0.1, -0.05) is 172 Å². The first-order chi connectivity index (χ1) is 23.8. The van der Waals surface area contributed by atoms with Crippen LogP contribution in [0.1, 0.15) is 181 Å². The van der Waals surface area contributed by atoms with E-state index in [9.17, 15) is 19.8 Å². The molecule has 0 saturated carbocycles. The minimum Gasteiger partial charge on any atom is -0.463 e. The molecule has 0 bridgehead atoms. The van der Waals surface area contributed by atoms with Gasteiger partial charge in [0.15, 0.2) is 0 Å². The van der Waals surface area contributed by atoms with E-state index < -0.39 is 12.2 Å². The van der Waals surface area contributed by atoms with Crippen LogP contribution in [0.2, 0.25) is 0 Å². The van der Waals surface area contributed by atoms with Crippen LogP contribution < -0.4 is 0 Å². The molecule has 0 aromatic rings. The smallest absolute Gasteiger partial charge is 0.305 e. The van der Waals surface area contributed by atoms with Gasteiger partial charge >= 0.3 is 11.9 Å². The van der Waals surface area contributed by atoms with Crippen molar-refractivity contribution in [3.63, 3.8) is 0 Å². The fraction of sp³-hybridized carbons (Fsp3) is 0.767. The number of allylic oxidation sites excluding steroid dienone is 6. The highest BCUT2D eigenvalue weighted by Crippen LogP contribution is 2.15. The Labute approximate surface area is 301 Å². The molecule has 0 fully saturated rings. The molecule has 0 radical (unpaired) electrons. The van der Waals surface area contributed by atoms with Gasteiger partial charge in [0, 0.05) is 12.8 Å². The quantitative estimate of drug-likeness (QED) is 0.0298. The molecule has 49 heavy (non-hydrogen) atoms. The van der Waals surface area contributed by atoms with Crippen molar-refractivity contribution in [1.29, 1.82) is 0 Å². The van der Waals surface area contributed by atoms with Gasteiger partial charge in [0.1, 0.15) is 19.3 Å². The monoisotopic (exact) mass is 689 g/mol. The molecule has 0 aliphatic heterocycles. The standard InChI is InChI=1S/C43H76O6/c1-4-5-6-7-23-28-33-40(44)34-29-24-19-16-17-21-26-31-36-43(47)49-38-41(45)37-48-42(46)35-30-25-20-15-13-11-9-8-10-12-14-18-22-27-32-39(2)3/h17,19,21,23-24,28-29,34,39-41,44-45H,4-16,18,20,22,25-27,30-33,35-38H2,1-3H3/b21-17-,24-19-,28-23-,34-29+/t40-,41+/m1/s1. The fourth-order valence-electron chi connectivity index (χ4n) is 5.46. The van der Waals surface area contributed by atoms with E-state index in [4.69, 9.17) is 9.47 Å². The van der Waals surface area contributed by atoms with Crippen LogP contribution >= 0.6 is 0 Å². The van der Waals surface area contributed by atoms with Gasteiger partial charge < -0.3 is 19.7 Å². The number of ether oxygens (including phenoxy) is 2. The minimum atomic E-state index is -1.00. The second-order valence-electron chi connectivity index (χ2n) is 14.1. The lowest BCUT2D eigenvalue weighted by molar-refractivity contribution is -0.152. The molecule has 0 unspecified atom stereocenters. The van der Waals surface area contributed by atoms with Crippen LogP contribution in [0, 0.1) is 5.92 Å². The molecule has 0 aromatic carbocycles. The Morgan fingerprint density at radius 2 is 1.08 bits per heavy atom. The molecule has 0 spiro atoms. The molecule has 284 valence electrons. The molecule has 6 nitrogen and oxygen atoms in total. The summed E-state index contributed by atoms with van der Waals surface area (Å²) in [4.78, 5) is 23.9. The summed E-state index contributed by atoms with van der Waals surface area (Å²) >= 11 is 0. The molecular weight excluding hydrogens is 612 g/mol. The molecule has 0 aliphatic carbocycles. The molecule has 0 heterocycles. The number of esters is 2. The van der Waals surface area contributed by atoms with Gasteiger partial charge in [-0.05, 0) is 50.9 Å². The second kappa shape index (κ2) is 37.1. The predicted molar refractivity (Wildman–Crippen MR) is 206 cm³/mol. The number of aliphatic hydroxyl groups is 2. The lowest BCUT2D eigenvalue weighted by Gasteiger charge is -2.12. The number of carbonyl (C=O) groups is 2. The van der Waals surface area contributed by atoms with Gasteiger partial charge in [-0.3, -0.25) is 9.59 Å². The maximum atomic E-state index is 12.0. The van der Waals surface area contributed by atoms with E-state index in [2.05, 4.69) is 32.9 Å². The van der Waals surface area contributed by atoms with E-state index in [1.54, 1.807) is 6.08 Å². The van der Waals surface area contributed by atoms with E-state index in [1.807, 2.05) is 30.4 Å². The molecule has 2 atom stereocenters. The van der Waals surface area contributed by atoms with Crippen LogP contribution in [-0.4, -0.2) is 47.6 Å². The number of carbonyl (C=O) groups excluding carboxylic acids is 2. The Bertz CT molecular complexity index is 858. The molecule has 0 saturated heterocycles. The van der Waals surface area contributed by atoms with Crippen LogP contribution in [-0.2, 0) is 19.1 Å². The third kappa shape index (κ3) is 38.5. The molecule has 6 heteroatoms. The van der Waals surface area contributed by atoms with Crippen LogP contribution in [0.25, 0.3) is 0 Å². The Morgan fingerprint density at radius 1 is 0.571 bits per heavy atom. The van der Waals surface area contributed by atoms with Crippen molar-refractivity contribution < 1.29 is 29.3 Å². The summed E-state index contributed by atoms with van der Waals surface area (Å²) in [5.74, 6) is 0.180. The Balaban J connectivity index is 3.58. The van der Waals surface area contributed by atoms with E-state index in [0.29, 0.717) is 19.3 Å². The highest BCUT2D eigenvalue weighted by molar-refractivity contribution is 5.69. The Kier molecular flexibility index (Phi) is 35.4. The predicted octanol–water partition coefficient (Wildman–Crippen LogP) is 11.4. The first kappa shape index (κ1) is 46.8. The summed E-state index contributed by atoms with van der Waals surface area (Å²) in [6.07, 6.45) is 42.0. The average Bonchev–Trinajstić information content (AvgIpc) is 3.08. The number of aliphatic hydroxyl groups excluding tert-OH is 2. The molecule has 2 N–H and O–H groups in total. The number of hydrogen-bond acceptors (Lipinski definition) is 6. The highest BCUT2D eigenvalue weighted by atomic mass is 16.6. The zero-order valence-corrected chi connectivity index (χ0v) is 32.0. The van der Waals surface area contributed by atoms with Gasteiger partial charge in [-0.2, -0.15) is 0 Å². The zero-order valence-electron chi connectivity index (χ0n) is 32.0. The minimum absolute atomic E-state index is 0.148. The van der Waals surface area contributed by atoms with Crippen LogP contribution in [0.5, 0.6) is 0 Å². The van der Waals surface area contributed by atoms with Gasteiger partial charge in [-0.15, -0.1) is 0 Å². The largest absolute Gasteiger partial charge is 0.463 e. The van der Waals surface area contributed by atoms with Crippen LogP contribution in [0.15, 0.2) is 48.6 Å². The van der Waals surface area contributed by atoms with Crippen molar-refractivity contribution in [2.24, 2.45) is 5.92 Å². The van der Waals surface area contributed by atoms with Gasteiger partial charge in [0.25, 0.3) is 0 Å². The summed E-state index contributed by atoms with van der Waals surface area (Å²) in [5.41, 5.74) is 0. The third-order valence-electron chi connectivity index (χ3n) is 8.58. The van der Waals surface area contributed by atoms with E-state index in [-0.39, 0.29) is 31.6 Å². The van der Waals surface area contributed by atoms with Crippen molar-refractivity contribution in [2.75, 3.05) is 13.2 Å². The molecule has 0 aliphatic rings. The molecule has 0 amide bonds. The highest BCUT2D eigenvalue weighted by Gasteiger charge is 2.12. The van der Waals surface area contributed by atoms with Crippen LogP contribution in [0.3, 0.4) is 0 Å². The van der Waals surface area contributed by atoms with Crippen LogP contribution in [0.4, 0.5) is 0 Å². The zero-order chi connectivity index (χ0) is 36.0. The first-order valence-corrected chi connectivity index (χ1v) is 20.2. The van der Waals surface area contributed by atoms with Gasteiger partial charge in [0.2, 0.25) is 0 Å². The van der Waals surface area contributed by atoms with Crippen molar-refractivity contribution in [3.8, 4) is 0 Å². The maximum absolute atomic E-state index is 12.0. The first-order valence-electron chi connectivity index (χ1n) is 20.2. The summed E-state index contributed by atoms with van der Waals surface area (Å²) in [6, 6.07) is 0. The Morgan fingerprint density at radius 3 is 1.65 bits per heavy atom. The topological polar surface area (TPSA) is 93.1 Å². The number of rotatable bonds is 35. The number of unbranched alkanes of at least 4 members (excludes halogenated alkanes) is 17. The lowest BCUT2D eigenvalue weighted by atomic mass is 10.0. The van der Waals surface area contributed by atoms with Gasteiger partial charge in [0.05, 0.1) is 6.10 Å². The normalized spacial score (nSPS) is 13.4. The molecule has 0 rings (SSSR count). The Hall–Kier alpha value is -2.18. The SMILES string of the molecule is CCCCC/C=C\C[C@@H](O)/C=C/C=C\C/C=C\CCCC(=O)OC[C@@H](O)COC(=O)CCCCCCCCCCCCCCCCC(C)C. The van der Waals surface area contributed by atoms with E-state index in [1.165, 1.54) is 96.3 Å². The summed E-state index contributed by atoms with van der Waals surface area (Å²) in [6.45, 7) is 6.50. The summed E-state index contributed by atoms with van der Waals surface area (Å²) in [7, 11) is 0. The average molecular weight is 689 g/mol.